The van der Waals surface area contributed by atoms with Gasteiger partial charge in [0.15, 0.2) is 16.9 Å². The molecule has 13 nitrogen and oxygen atoms in total. The van der Waals surface area contributed by atoms with Crippen LogP contribution in [0.5, 0.6) is 0 Å². The maximum atomic E-state index is 13.6. The van der Waals surface area contributed by atoms with Crippen LogP contribution in [0, 0.1) is 11.3 Å². The summed E-state index contributed by atoms with van der Waals surface area (Å²) in [5.41, 5.74) is 5.46. The number of likely N-dealkylation sites (tertiary alicyclic amines) is 1. The number of guanidine groups is 1. The Bertz CT molecular complexity index is 1060. The molecule has 1 aromatic rings. The molecule has 0 spiro atoms. The number of ether oxygens (including phenoxy) is 1. The van der Waals surface area contributed by atoms with Gasteiger partial charge in [-0.05, 0) is 31.6 Å². The van der Waals surface area contributed by atoms with Crippen molar-refractivity contribution in [3.05, 3.63) is 11.1 Å². The van der Waals surface area contributed by atoms with E-state index in [9.17, 15) is 23.6 Å². The number of morpholine rings is 1. The number of anilines is 1. The fraction of sp³-hybridized carbons (Fsp3) is 0.680. The molecular weight excluding hydrogens is 543 g/mol. The molecule has 3 heterocycles. The van der Waals surface area contributed by atoms with Crippen LogP contribution >= 0.6 is 11.3 Å². The second-order valence-electron chi connectivity index (χ2n) is 10.1. The zero-order valence-corrected chi connectivity index (χ0v) is 23.7. The lowest BCUT2D eigenvalue weighted by atomic mass is 10.0. The van der Waals surface area contributed by atoms with Crippen LogP contribution in [0.15, 0.2) is 5.38 Å². The molecule has 222 valence electrons. The summed E-state index contributed by atoms with van der Waals surface area (Å²) in [6.45, 7) is 5.55. The van der Waals surface area contributed by atoms with E-state index in [-0.39, 0.29) is 30.5 Å². The molecule has 3 rings (SSSR count). The summed E-state index contributed by atoms with van der Waals surface area (Å²) < 4.78 is 18.5. The molecule has 0 saturated carbocycles. The summed E-state index contributed by atoms with van der Waals surface area (Å²) in [4.78, 5) is 59.9. The Hall–Kier alpha value is -3.33. The predicted octanol–water partition coefficient (Wildman–Crippen LogP) is 0.0118. The van der Waals surface area contributed by atoms with Crippen molar-refractivity contribution >= 4 is 45.9 Å². The molecule has 2 fully saturated rings. The third kappa shape index (κ3) is 8.34. The Kier molecular flexibility index (Phi) is 11.6. The quantitative estimate of drug-likeness (QED) is 0.122. The van der Waals surface area contributed by atoms with Crippen LogP contribution in [0.4, 0.5) is 9.52 Å². The number of rotatable bonds is 13. The number of carbonyl (C=O) groups excluding carboxylic acids is 4. The molecule has 3 unspecified atom stereocenters. The number of hydrogen-bond acceptors (Lipinski definition) is 9. The van der Waals surface area contributed by atoms with Gasteiger partial charge < -0.3 is 36.2 Å². The van der Waals surface area contributed by atoms with Crippen molar-refractivity contribution < 1.29 is 28.3 Å². The number of nitrogens with zero attached hydrogens (tertiary/aromatic N) is 3. The zero-order valence-electron chi connectivity index (χ0n) is 22.9. The number of ketones is 1. The van der Waals surface area contributed by atoms with Gasteiger partial charge in [-0.15, -0.1) is 11.3 Å². The molecule has 3 atom stereocenters. The van der Waals surface area contributed by atoms with E-state index in [2.05, 4.69) is 20.9 Å². The summed E-state index contributed by atoms with van der Waals surface area (Å²) in [7, 11) is 0. The number of carbonyl (C=O) groups is 4. The molecular formula is C25H39FN8O5S. The highest BCUT2D eigenvalue weighted by Gasteiger charge is 2.39. The molecule has 40 heavy (non-hydrogen) atoms. The van der Waals surface area contributed by atoms with Crippen molar-refractivity contribution in [3.63, 3.8) is 0 Å². The number of amides is 3. The molecule has 15 heteroatoms. The van der Waals surface area contributed by atoms with Crippen LogP contribution in [0.2, 0.25) is 0 Å². The van der Waals surface area contributed by atoms with Gasteiger partial charge in [-0.1, -0.05) is 13.8 Å². The van der Waals surface area contributed by atoms with E-state index in [4.69, 9.17) is 15.9 Å². The largest absolute Gasteiger partial charge is 0.378 e. The van der Waals surface area contributed by atoms with Crippen molar-refractivity contribution in [2.45, 2.75) is 57.7 Å². The fourth-order valence-corrected chi connectivity index (χ4v) is 5.54. The number of halogens is 1. The van der Waals surface area contributed by atoms with E-state index in [1.165, 1.54) is 16.2 Å². The molecule has 2 saturated heterocycles. The first-order valence-corrected chi connectivity index (χ1v) is 14.4. The van der Waals surface area contributed by atoms with Gasteiger partial charge in [0.2, 0.25) is 11.8 Å². The zero-order chi connectivity index (χ0) is 29.2. The van der Waals surface area contributed by atoms with E-state index in [0.717, 1.165) is 0 Å². The number of nitrogens with one attached hydrogen (secondary N) is 4. The number of hydrogen-bond donors (Lipinski definition) is 5. The number of thiazole rings is 1. The van der Waals surface area contributed by atoms with E-state index in [1.807, 2.05) is 4.90 Å². The van der Waals surface area contributed by atoms with E-state index in [1.54, 1.807) is 19.2 Å². The Balaban J connectivity index is 1.64. The summed E-state index contributed by atoms with van der Waals surface area (Å²) >= 11 is 1.35. The van der Waals surface area contributed by atoms with Crippen LogP contribution in [0.3, 0.4) is 0 Å². The second kappa shape index (κ2) is 14.9. The molecule has 0 aromatic carbocycles. The number of aromatic nitrogens is 1. The lowest BCUT2D eigenvalue weighted by molar-refractivity contribution is -0.141. The smallest absolute Gasteiger partial charge is 0.271 e. The predicted molar refractivity (Wildman–Crippen MR) is 148 cm³/mol. The molecule has 2 aliphatic rings. The Morgan fingerprint density at radius 2 is 1.95 bits per heavy atom. The van der Waals surface area contributed by atoms with Gasteiger partial charge in [-0.3, -0.25) is 24.6 Å². The first kappa shape index (κ1) is 31.2. The highest BCUT2D eigenvalue weighted by atomic mass is 32.1. The minimum absolute atomic E-state index is 0.153. The number of Topliss-reactive ketones (excluding diaryl/α,β-unsaturated/α-hetero) is 1. The Morgan fingerprint density at radius 1 is 1.23 bits per heavy atom. The average Bonchev–Trinajstić information content (AvgIpc) is 3.63. The molecule has 0 radical (unpaired) electrons. The Morgan fingerprint density at radius 3 is 2.60 bits per heavy atom. The monoisotopic (exact) mass is 582 g/mol. The van der Waals surface area contributed by atoms with E-state index >= 15 is 0 Å². The first-order chi connectivity index (χ1) is 19.1. The molecule has 1 aromatic heterocycles. The summed E-state index contributed by atoms with van der Waals surface area (Å²) in [6.07, 6.45) is 1.48. The van der Waals surface area contributed by atoms with Gasteiger partial charge >= 0.3 is 0 Å². The highest BCUT2D eigenvalue weighted by Crippen LogP contribution is 2.23. The van der Waals surface area contributed by atoms with Crippen LogP contribution in [0.25, 0.3) is 0 Å². The lowest BCUT2D eigenvalue weighted by Gasteiger charge is -2.31. The van der Waals surface area contributed by atoms with Crippen molar-refractivity contribution in [2.75, 3.05) is 51.0 Å². The maximum absolute atomic E-state index is 13.6. The SMILES string of the molecule is CC(C)C(NC(=O)c1csc(N2CCOCC2)n1)C(=O)N1CCCC1C(=O)NC(CCCNC(=N)N)C(=O)CF. The van der Waals surface area contributed by atoms with Crippen LogP contribution < -0.4 is 26.6 Å². The van der Waals surface area contributed by atoms with E-state index < -0.39 is 48.3 Å². The van der Waals surface area contributed by atoms with Crippen LogP contribution in [0.1, 0.15) is 50.0 Å². The minimum Gasteiger partial charge on any atom is -0.378 e. The fourth-order valence-electron chi connectivity index (χ4n) is 4.68. The van der Waals surface area contributed by atoms with Crippen molar-refractivity contribution in [3.8, 4) is 0 Å². The molecule has 6 N–H and O–H groups in total. The van der Waals surface area contributed by atoms with Crippen molar-refractivity contribution in [1.82, 2.24) is 25.8 Å². The summed E-state index contributed by atoms with van der Waals surface area (Å²) in [5, 5.41) is 17.6. The van der Waals surface area contributed by atoms with Gasteiger partial charge in [0.1, 0.15) is 24.5 Å². The third-order valence-corrected chi connectivity index (χ3v) is 7.79. The van der Waals surface area contributed by atoms with Gasteiger partial charge in [0.05, 0.1) is 19.3 Å². The topological polar surface area (TPSA) is 183 Å². The molecule has 2 aliphatic heterocycles. The number of alkyl halides is 1. The van der Waals surface area contributed by atoms with Gasteiger partial charge in [0.25, 0.3) is 5.91 Å². The normalized spacial score (nSPS) is 18.8. The standard InChI is InChI=1S/C25H39FN8O5S/c1-15(2)20(32-21(36)17-14-40-25(31-17)33-9-11-39-12-10-33)23(38)34-8-4-6-18(34)22(37)30-16(19(35)13-26)5-3-7-29-24(27)28/h14-16,18,20H,3-13H2,1-2H3,(H,30,37)(H,32,36)(H4,27,28,29). The summed E-state index contributed by atoms with van der Waals surface area (Å²) in [6, 6.07) is -2.80. The Labute approximate surface area is 236 Å². The maximum Gasteiger partial charge on any atom is 0.271 e. The van der Waals surface area contributed by atoms with Crippen molar-refractivity contribution in [2.24, 2.45) is 11.7 Å². The number of nitrogens with two attached hydrogens (primary N) is 1. The van der Waals surface area contributed by atoms with Crippen molar-refractivity contribution in [1.29, 1.82) is 5.41 Å². The average molecular weight is 583 g/mol. The molecule has 0 bridgehead atoms. The second-order valence-corrected chi connectivity index (χ2v) is 11.0. The van der Waals surface area contributed by atoms with Crippen LogP contribution in [-0.2, 0) is 19.1 Å². The first-order valence-electron chi connectivity index (χ1n) is 13.5. The van der Waals surface area contributed by atoms with Gasteiger partial charge in [-0.2, -0.15) is 0 Å². The highest BCUT2D eigenvalue weighted by molar-refractivity contribution is 7.13. The minimum atomic E-state index is -1.23. The third-order valence-electron chi connectivity index (χ3n) is 6.89. The molecule has 3 amide bonds. The van der Waals surface area contributed by atoms with Gasteiger partial charge in [-0.25, -0.2) is 9.37 Å². The van der Waals surface area contributed by atoms with Crippen LogP contribution in [-0.4, -0.2) is 104 Å². The lowest BCUT2D eigenvalue weighted by Crippen LogP contribution is -2.56. The van der Waals surface area contributed by atoms with Gasteiger partial charge in [0, 0.05) is 31.6 Å². The molecule has 0 aliphatic carbocycles. The van der Waals surface area contributed by atoms with E-state index in [0.29, 0.717) is 57.2 Å². The summed E-state index contributed by atoms with van der Waals surface area (Å²) in [5.74, 6) is -2.68.